The van der Waals surface area contributed by atoms with Gasteiger partial charge in [-0.25, -0.2) is 0 Å². The first-order chi connectivity index (χ1) is 5.18. The molecule has 0 spiro atoms. The van der Waals surface area contributed by atoms with Gasteiger partial charge >= 0.3 is 0 Å². The second-order valence-corrected chi connectivity index (χ2v) is 4.23. The van der Waals surface area contributed by atoms with Gasteiger partial charge in [0.2, 0.25) is 0 Å². The molecule has 0 aliphatic rings. The van der Waals surface area contributed by atoms with E-state index in [0.29, 0.717) is 6.54 Å². The monoisotopic (exact) mass is 174 g/mol. The summed E-state index contributed by atoms with van der Waals surface area (Å²) in [6.45, 7) is 3.10. The fourth-order valence-corrected chi connectivity index (χ4v) is 1.07. The zero-order chi connectivity index (χ0) is 8.69. The van der Waals surface area contributed by atoms with Crippen LogP contribution in [0.15, 0.2) is 0 Å². The summed E-state index contributed by atoms with van der Waals surface area (Å²) in [4.78, 5) is 0. The van der Waals surface area contributed by atoms with E-state index < -0.39 is 10.8 Å². The molecule has 0 amide bonds. The van der Waals surface area contributed by atoms with Crippen LogP contribution in [0.5, 0.6) is 0 Å². The molecule has 0 radical (unpaired) electrons. The van der Waals surface area contributed by atoms with Crippen molar-refractivity contribution in [1.29, 1.82) is 5.26 Å². The van der Waals surface area contributed by atoms with Gasteiger partial charge in [0.25, 0.3) is 0 Å². The maximum atomic E-state index is 10.8. The molecule has 0 bridgehead atoms. The Hall–Kier alpha value is -0.400. The first-order valence-electron chi connectivity index (χ1n) is 3.58. The predicted octanol–water partition coefficient (Wildman–Crippen LogP) is 0.257. The van der Waals surface area contributed by atoms with Crippen molar-refractivity contribution in [3.63, 3.8) is 0 Å². The molecule has 4 heteroatoms. The molecule has 0 aromatic rings. The molecule has 2 atom stereocenters. The van der Waals surface area contributed by atoms with Gasteiger partial charge in [0.15, 0.2) is 0 Å². The summed E-state index contributed by atoms with van der Waals surface area (Å²) in [6.07, 6.45) is 2.57. The first kappa shape index (κ1) is 10.6. The van der Waals surface area contributed by atoms with Crippen molar-refractivity contribution in [2.45, 2.75) is 18.6 Å². The highest BCUT2D eigenvalue weighted by Gasteiger charge is 2.03. The van der Waals surface area contributed by atoms with Gasteiger partial charge < -0.3 is 5.32 Å². The van der Waals surface area contributed by atoms with Crippen LogP contribution >= 0.6 is 0 Å². The number of nitriles is 1. The van der Waals surface area contributed by atoms with Crippen molar-refractivity contribution in [3.8, 4) is 6.07 Å². The van der Waals surface area contributed by atoms with Gasteiger partial charge in [0, 0.05) is 22.3 Å². The molecule has 0 aliphatic carbocycles. The quantitative estimate of drug-likeness (QED) is 0.480. The molecule has 0 saturated carbocycles. The lowest BCUT2D eigenvalue weighted by atomic mass is 10.3. The van der Waals surface area contributed by atoms with E-state index in [1.54, 1.807) is 6.26 Å². The highest BCUT2D eigenvalue weighted by atomic mass is 32.2. The van der Waals surface area contributed by atoms with Crippen molar-refractivity contribution >= 4 is 10.8 Å². The second-order valence-electron chi connectivity index (χ2n) is 2.43. The van der Waals surface area contributed by atoms with Crippen LogP contribution in [-0.4, -0.2) is 28.8 Å². The maximum Gasteiger partial charge on any atom is 0.0840 e. The molecule has 0 rings (SSSR count). The first-order valence-corrected chi connectivity index (χ1v) is 5.20. The Bertz CT molecular complexity index is 164. The summed E-state index contributed by atoms with van der Waals surface area (Å²) >= 11 is 0. The smallest absolute Gasteiger partial charge is 0.0840 e. The van der Waals surface area contributed by atoms with E-state index in [4.69, 9.17) is 5.26 Å². The molecular weight excluding hydrogens is 160 g/mol. The van der Waals surface area contributed by atoms with Crippen molar-refractivity contribution in [2.75, 3.05) is 19.3 Å². The Morgan fingerprint density at radius 1 is 1.73 bits per heavy atom. The number of nitrogens with zero attached hydrogens (tertiary/aromatic N) is 1. The van der Waals surface area contributed by atoms with Crippen molar-refractivity contribution < 1.29 is 4.21 Å². The summed E-state index contributed by atoms with van der Waals surface area (Å²) in [5, 5.41) is 11.3. The lowest BCUT2D eigenvalue weighted by molar-refractivity contribution is 0.651. The molecule has 0 aromatic carbocycles. The van der Waals surface area contributed by atoms with Crippen LogP contribution in [0.4, 0.5) is 0 Å². The van der Waals surface area contributed by atoms with Gasteiger partial charge in [-0.1, -0.05) is 6.92 Å². The lowest BCUT2D eigenvalue weighted by Crippen LogP contribution is -2.21. The van der Waals surface area contributed by atoms with Crippen LogP contribution in [0.2, 0.25) is 0 Å². The normalized spacial score (nSPS) is 15.4. The van der Waals surface area contributed by atoms with Crippen LogP contribution in [0.25, 0.3) is 0 Å². The fraction of sp³-hybridized carbons (Fsp3) is 0.857. The second kappa shape index (κ2) is 6.32. The van der Waals surface area contributed by atoms with Gasteiger partial charge in [-0.05, 0) is 13.0 Å². The third-order valence-corrected chi connectivity index (χ3v) is 2.87. The average Bonchev–Trinajstić information content (AvgIpc) is 1.97. The number of nitrogens with one attached hydrogen (secondary N) is 1. The Kier molecular flexibility index (Phi) is 6.09. The van der Waals surface area contributed by atoms with Gasteiger partial charge in [-0.3, -0.25) is 4.21 Å². The Morgan fingerprint density at radius 3 is 2.82 bits per heavy atom. The number of hydrogen-bond donors (Lipinski definition) is 1. The van der Waals surface area contributed by atoms with Crippen LogP contribution in [0.3, 0.4) is 0 Å². The van der Waals surface area contributed by atoms with E-state index in [9.17, 15) is 4.21 Å². The van der Waals surface area contributed by atoms with Gasteiger partial charge in [0.1, 0.15) is 0 Å². The minimum Gasteiger partial charge on any atom is -0.304 e. The zero-order valence-electron chi connectivity index (χ0n) is 6.96. The highest BCUT2D eigenvalue weighted by Crippen LogP contribution is 1.96. The van der Waals surface area contributed by atoms with E-state index in [2.05, 4.69) is 5.32 Å². The SMILES string of the molecule is CC(CCNCC#N)S(C)=O. The fourth-order valence-electron chi connectivity index (χ4n) is 0.616. The number of hydrogen-bond acceptors (Lipinski definition) is 3. The van der Waals surface area contributed by atoms with Crippen LogP contribution in [0.1, 0.15) is 13.3 Å². The van der Waals surface area contributed by atoms with Gasteiger partial charge in [0.05, 0.1) is 12.6 Å². The molecule has 64 valence electrons. The average molecular weight is 174 g/mol. The van der Waals surface area contributed by atoms with Gasteiger partial charge in [-0.15, -0.1) is 0 Å². The summed E-state index contributed by atoms with van der Waals surface area (Å²) in [7, 11) is -0.739. The van der Waals surface area contributed by atoms with Crippen LogP contribution in [0, 0.1) is 11.3 Å². The molecule has 1 N–H and O–H groups in total. The summed E-state index contributed by atoms with van der Waals surface area (Å²) in [5.41, 5.74) is 0. The molecule has 11 heavy (non-hydrogen) atoms. The Morgan fingerprint density at radius 2 is 2.36 bits per heavy atom. The molecule has 0 aliphatic heterocycles. The van der Waals surface area contributed by atoms with Crippen molar-refractivity contribution in [3.05, 3.63) is 0 Å². The van der Waals surface area contributed by atoms with E-state index in [0.717, 1.165) is 13.0 Å². The maximum absolute atomic E-state index is 10.8. The van der Waals surface area contributed by atoms with E-state index in [1.807, 2.05) is 13.0 Å². The minimum atomic E-state index is -0.739. The molecule has 0 heterocycles. The van der Waals surface area contributed by atoms with Crippen molar-refractivity contribution in [1.82, 2.24) is 5.32 Å². The Labute approximate surface area is 70.2 Å². The Balaban J connectivity index is 3.26. The topological polar surface area (TPSA) is 52.9 Å². The minimum absolute atomic E-state index is 0.223. The van der Waals surface area contributed by atoms with E-state index in [1.165, 1.54) is 0 Å². The van der Waals surface area contributed by atoms with Crippen LogP contribution in [-0.2, 0) is 10.8 Å². The standard InChI is InChI=1S/C7H14N2OS/c1-7(11(2)10)3-5-9-6-4-8/h7,9H,3,5-6H2,1-2H3. The highest BCUT2D eigenvalue weighted by molar-refractivity contribution is 7.84. The summed E-state index contributed by atoms with van der Waals surface area (Å²) in [6, 6.07) is 1.98. The van der Waals surface area contributed by atoms with E-state index in [-0.39, 0.29) is 5.25 Å². The third kappa shape index (κ3) is 6.02. The van der Waals surface area contributed by atoms with Gasteiger partial charge in [-0.2, -0.15) is 5.26 Å². The lowest BCUT2D eigenvalue weighted by Gasteiger charge is -2.06. The molecule has 0 fully saturated rings. The molecule has 0 saturated heterocycles. The van der Waals surface area contributed by atoms with E-state index >= 15 is 0 Å². The molecule has 3 nitrogen and oxygen atoms in total. The predicted molar refractivity (Wildman–Crippen MR) is 46.6 cm³/mol. The zero-order valence-corrected chi connectivity index (χ0v) is 7.78. The van der Waals surface area contributed by atoms with Crippen molar-refractivity contribution in [2.24, 2.45) is 0 Å². The summed E-state index contributed by atoms with van der Waals surface area (Å²) < 4.78 is 10.8. The largest absolute Gasteiger partial charge is 0.304 e. The summed E-state index contributed by atoms with van der Waals surface area (Å²) in [5.74, 6) is 0. The molecule has 2 unspecified atom stereocenters. The van der Waals surface area contributed by atoms with Crippen LogP contribution < -0.4 is 5.32 Å². The third-order valence-electron chi connectivity index (χ3n) is 1.50. The molecule has 0 aromatic heterocycles. The molecular formula is C7H14N2OS. The number of rotatable bonds is 5.